The molecule has 2 aliphatic heterocycles. The summed E-state index contributed by atoms with van der Waals surface area (Å²) in [5, 5.41) is 3.67. The first-order valence-electron chi connectivity index (χ1n) is 7.40. The number of hydrogen-bond acceptors (Lipinski definition) is 3. The molecule has 1 atom stereocenters. The average Bonchev–Trinajstić information content (AvgIpc) is 2.84. The van der Waals surface area contributed by atoms with Gasteiger partial charge in [-0.1, -0.05) is 29.8 Å². The molecule has 1 unspecified atom stereocenters. The van der Waals surface area contributed by atoms with Crippen LogP contribution in [-0.4, -0.2) is 19.8 Å². The first-order valence-corrected chi connectivity index (χ1v) is 8.20. The summed E-state index contributed by atoms with van der Waals surface area (Å²) in [6.45, 7) is 9.09. The van der Waals surface area contributed by atoms with Crippen LogP contribution in [0.3, 0.4) is 0 Å². The third-order valence-electron chi connectivity index (χ3n) is 4.32. The maximum absolute atomic E-state index is 5.94. The molecule has 1 aromatic carbocycles. The highest BCUT2D eigenvalue weighted by Gasteiger charge is 2.37. The van der Waals surface area contributed by atoms with Crippen LogP contribution in [-0.2, 0) is 5.54 Å². The third kappa shape index (κ3) is 2.23. The lowest BCUT2D eigenvalue weighted by Gasteiger charge is -2.33. The second-order valence-electron chi connectivity index (χ2n) is 6.19. The van der Waals surface area contributed by atoms with Gasteiger partial charge in [-0.3, -0.25) is 0 Å². The Morgan fingerprint density at radius 3 is 2.70 bits per heavy atom. The topological polar surface area (TPSA) is 30.5 Å². The van der Waals surface area contributed by atoms with Crippen molar-refractivity contribution in [3.63, 3.8) is 0 Å². The van der Waals surface area contributed by atoms with Crippen molar-refractivity contribution < 1.29 is 9.47 Å². The van der Waals surface area contributed by atoms with E-state index in [-0.39, 0.29) is 5.54 Å². The first-order chi connectivity index (χ1) is 9.53. The lowest BCUT2D eigenvalue weighted by Crippen LogP contribution is -2.35. The smallest absolute Gasteiger partial charge is 0.165 e. The molecule has 0 amide bonds. The van der Waals surface area contributed by atoms with Crippen molar-refractivity contribution in [2.24, 2.45) is 0 Å². The van der Waals surface area contributed by atoms with E-state index in [4.69, 9.17) is 9.47 Å². The minimum Gasteiger partial charge on any atom is -0.486 e. The van der Waals surface area contributed by atoms with E-state index < -0.39 is 0 Å². The van der Waals surface area contributed by atoms with Crippen molar-refractivity contribution in [3.05, 3.63) is 21.7 Å². The quantitative estimate of drug-likeness (QED) is 0.885. The van der Waals surface area contributed by atoms with Crippen LogP contribution in [0.25, 0.3) is 0 Å². The lowest BCUT2D eigenvalue weighted by molar-refractivity contribution is 0.168. The molecule has 0 radical (unpaired) electrons. The monoisotopic (exact) mass is 339 g/mol. The Labute approximate surface area is 129 Å². The van der Waals surface area contributed by atoms with E-state index in [0.29, 0.717) is 19.1 Å². The Bertz CT molecular complexity index is 522. The molecule has 0 bridgehead atoms. The molecule has 2 aliphatic rings. The van der Waals surface area contributed by atoms with Crippen molar-refractivity contribution in [1.29, 1.82) is 0 Å². The predicted octanol–water partition coefficient (Wildman–Crippen LogP) is 3.94. The molecule has 1 aromatic rings. The molecule has 1 saturated heterocycles. The zero-order valence-electron chi connectivity index (χ0n) is 12.4. The van der Waals surface area contributed by atoms with Crippen molar-refractivity contribution in [3.8, 4) is 11.5 Å². The Kier molecular flexibility index (Phi) is 3.71. The predicted molar refractivity (Wildman–Crippen MR) is 83.8 cm³/mol. The van der Waals surface area contributed by atoms with E-state index >= 15 is 0 Å². The summed E-state index contributed by atoms with van der Waals surface area (Å²) in [6.07, 6.45) is 2.37. The second kappa shape index (κ2) is 5.23. The van der Waals surface area contributed by atoms with Crippen molar-refractivity contribution >= 4 is 15.9 Å². The van der Waals surface area contributed by atoms with Crippen LogP contribution in [0.4, 0.5) is 0 Å². The minimum atomic E-state index is 0.0221. The van der Waals surface area contributed by atoms with Gasteiger partial charge in [-0.05, 0) is 43.9 Å². The van der Waals surface area contributed by atoms with Gasteiger partial charge in [0.1, 0.15) is 13.2 Å². The number of halogens is 1. The SMILES string of the molecule is CC(C)c1c2c(cc(Br)c1C1(C)CCCN1)OCCO2. The second-order valence-corrected chi connectivity index (χ2v) is 7.04. The van der Waals surface area contributed by atoms with Gasteiger partial charge in [0, 0.05) is 15.6 Å². The molecule has 4 heteroatoms. The molecule has 20 heavy (non-hydrogen) atoms. The highest BCUT2D eigenvalue weighted by Crippen LogP contribution is 2.48. The number of fused-ring (bicyclic) bond motifs is 1. The highest BCUT2D eigenvalue weighted by atomic mass is 79.9. The van der Waals surface area contributed by atoms with E-state index in [1.54, 1.807) is 0 Å². The summed E-state index contributed by atoms with van der Waals surface area (Å²) >= 11 is 3.76. The van der Waals surface area contributed by atoms with Gasteiger partial charge in [0.05, 0.1) is 0 Å². The molecule has 3 nitrogen and oxygen atoms in total. The number of ether oxygens (including phenoxy) is 2. The maximum atomic E-state index is 5.94. The van der Waals surface area contributed by atoms with E-state index in [1.165, 1.54) is 17.5 Å². The molecule has 3 rings (SSSR count). The first kappa shape index (κ1) is 14.2. The fourth-order valence-electron chi connectivity index (χ4n) is 3.40. The summed E-state index contributed by atoms with van der Waals surface area (Å²) in [4.78, 5) is 0. The lowest BCUT2D eigenvalue weighted by atomic mass is 9.82. The van der Waals surface area contributed by atoms with Crippen LogP contribution >= 0.6 is 15.9 Å². The Balaban J connectivity index is 2.22. The van der Waals surface area contributed by atoms with Gasteiger partial charge >= 0.3 is 0 Å². The van der Waals surface area contributed by atoms with E-state index in [2.05, 4.69) is 48.1 Å². The van der Waals surface area contributed by atoms with Gasteiger partial charge in [-0.2, -0.15) is 0 Å². The molecule has 2 heterocycles. The number of nitrogens with one attached hydrogen (secondary N) is 1. The summed E-state index contributed by atoms with van der Waals surface area (Å²) in [6, 6.07) is 2.07. The fraction of sp³-hybridized carbons (Fsp3) is 0.625. The molecule has 0 spiro atoms. The Hall–Kier alpha value is -0.740. The third-order valence-corrected chi connectivity index (χ3v) is 4.94. The average molecular weight is 340 g/mol. The van der Waals surface area contributed by atoms with E-state index in [0.717, 1.165) is 28.9 Å². The van der Waals surface area contributed by atoms with Crippen LogP contribution < -0.4 is 14.8 Å². The molecule has 0 aromatic heterocycles. The summed E-state index contributed by atoms with van der Waals surface area (Å²) in [5.74, 6) is 2.22. The Morgan fingerprint density at radius 1 is 1.30 bits per heavy atom. The number of benzene rings is 1. The summed E-state index contributed by atoms with van der Waals surface area (Å²) in [7, 11) is 0. The van der Waals surface area contributed by atoms with Crippen LogP contribution in [0.5, 0.6) is 11.5 Å². The van der Waals surface area contributed by atoms with E-state index in [1.807, 2.05) is 0 Å². The minimum absolute atomic E-state index is 0.0221. The molecular weight excluding hydrogens is 318 g/mol. The van der Waals surface area contributed by atoms with Crippen LogP contribution in [0, 0.1) is 0 Å². The molecule has 1 N–H and O–H groups in total. The van der Waals surface area contributed by atoms with Crippen LogP contribution in [0.1, 0.15) is 50.7 Å². The molecule has 0 saturated carbocycles. The maximum Gasteiger partial charge on any atom is 0.165 e. The highest BCUT2D eigenvalue weighted by molar-refractivity contribution is 9.10. The zero-order valence-corrected chi connectivity index (χ0v) is 14.0. The fourth-order valence-corrected chi connectivity index (χ4v) is 4.26. The largest absolute Gasteiger partial charge is 0.486 e. The molecule has 110 valence electrons. The van der Waals surface area contributed by atoms with Gasteiger partial charge in [-0.25, -0.2) is 0 Å². The van der Waals surface area contributed by atoms with Crippen molar-refractivity contribution in [2.45, 2.75) is 45.1 Å². The number of hydrogen-bond donors (Lipinski definition) is 1. The van der Waals surface area contributed by atoms with Crippen LogP contribution in [0.15, 0.2) is 10.5 Å². The molecule has 1 fully saturated rings. The van der Waals surface area contributed by atoms with Gasteiger partial charge in [0.2, 0.25) is 0 Å². The van der Waals surface area contributed by atoms with Gasteiger partial charge < -0.3 is 14.8 Å². The van der Waals surface area contributed by atoms with E-state index in [9.17, 15) is 0 Å². The van der Waals surface area contributed by atoms with Gasteiger partial charge in [-0.15, -0.1) is 0 Å². The number of rotatable bonds is 2. The Morgan fingerprint density at radius 2 is 2.05 bits per heavy atom. The van der Waals surface area contributed by atoms with Crippen molar-refractivity contribution in [2.75, 3.05) is 19.8 Å². The van der Waals surface area contributed by atoms with Crippen molar-refractivity contribution in [1.82, 2.24) is 5.32 Å². The summed E-state index contributed by atoms with van der Waals surface area (Å²) in [5.41, 5.74) is 2.65. The van der Waals surface area contributed by atoms with Crippen LogP contribution in [0.2, 0.25) is 0 Å². The van der Waals surface area contributed by atoms with Gasteiger partial charge in [0.25, 0.3) is 0 Å². The summed E-state index contributed by atoms with van der Waals surface area (Å²) < 4.78 is 12.8. The normalized spacial score (nSPS) is 25.2. The zero-order chi connectivity index (χ0) is 14.3. The molecule has 0 aliphatic carbocycles. The molecular formula is C16H22BrNO2. The van der Waals surface area contributed by atoms with Gasteiger partial charge in [0.15, 0.2) is 11.5 Å². The standard InChI is InChI=1S/C16H22BrNO2/c1-10(2)13-14(16(3)5-4-6-18-16)11(17)9-12-15(13)20-8-7-19-12/h9-10,18H,4-8H2,1-3H3.